The van der Waals surface area contributed by atoms with Gasteiger partial charge in [0.1, 0.15) is 0 Å². The standard InChI is InChI=1S/C21H23N3O/c1-14(21(22)25)17-9-7-16(8-10-17)13-23-12-11-18-15(2)24-20-6-4-3-5-19(18)20/h3-10,23-24H,1,11-13H2,2H3,(H2,22,25). The van der Waals surface area contributed by atoms with Gasteiger partial charge in [-0.1, -0.05) is 49.0 Å². The van der Waals surface area contributed by atoms with Crippen LogP contribution in [0.4, 0.5) is 0 Å². The molecule has 0 aliphatic rings. The molecular formula is C21H23N3O. The van der Waals surface area contributed by atoms with E-state index >= 15 is 0 Å². The quantitative estimate of drug-likeness (QED) is 0.458. The fourth-order valence-electron chi connectivity index (χ4n) is 3.07. The van der Waals surface area contributed by atoms with Gasteiger partial charge in [-0.15, -0.1) is 0 Å². The van der Waals surface area contributed by atoms with Crippen LogP contribution in [0.3, 0.4) is 0 Å². The third-order valence-electron chi connectivity index (χ3n) is 4.51. The van der Waals surface area contributed by atoms with Crippen molar-refractivity contribution >= 4 is 22.4 Å². The van der Waals surface area contributed by atoms with Crippen molar-refractivity contribution in [1.82, 2.24) is 10.3 Å². The van der Waals surface area contributed by atoms with Gasteiger partial charge in [0.05, 0.1) is 0 Å². The zero-order valence-corrected chi connectivity index (χ0v) is 14.4. The number of benzene rings is 2. The Morgan fingerprint density at radius 1 is 1.16 bits per heavy atom. The van der Waals surface area contributed by atoms with E-state index in [0.717, 1.165) is 30.6 Å². The molecule has 0 saturated heterocycles. The summed E-state index contributed by atoms with van der Waals surface area (Å²) in [7, 11) is 0. The van der Waals surface area contributed by atoms with Gasteiger partial charge >= 0.3 is 0 Å². The third kappa shape index (κ3) is 3.80. The Balaban J connectivity index is 1.55. The highest BCUT2D eigenvalue weighted by molar-refractivity contribution is 6.17. The van der Waals surface area contributed by atoms with Crippen molar-refractivity contribution in [1.29, 1.82) is 0 Å². The molecule has 0 bridgehead atoms. The van der Waals surface area contributed by atoms with Crippen LogP contribution in [0.2, 0.25) is 0 Å². The molecule has 128 valence electrons. The minimum Gasteiger partial charge on any atom is -0.366 e. The van der Waals surface area contributed by atoms with Crippen LogP contribution >= 0.6 is 0 Å². The first-order valence-electron chi connectivity index (χ1n) is 8.41. The summed E-state index contributed by atoms with van der Waals surface area (Å²) in [5.41, 5.74) is 11.3. The van der Waals surface area contributed by atoms with Crippen LogP contribution in [0.25, 0.3) is 16.5 Å². The number of nitrogens with one attached hydrogen (secondary N) is 2. The summed E-state index contributed by atoms with van der Waals surface area (Å²) >= 11 is 0. The Bertz CT molecular complexity index is 907. The third-order valence-corrected chi connectivity index (χ3v) is 4.51. The second-order valence-corrected chi connectivity index (χ2v) is 6.24. The van der Waals surface area contributed by atoms with Crippen LogP contribution in [0.1, 0.15) is 22.4 Å². The number of fused-ring (bicyclic) bond motifs is 1. The van der Waals surface area contributed by atoms with E-state index in [4.69, 9.17) is 5.73 Å². The first-order chi connectivity index (χ1) is 12.1. The van der Waals surface area contributed by atoms with Crippen molar-refractivity contribution in [2.45, 2.75) is 19.9 Å². The predicted octanol–water partition coefficient (Wildman–Crippen LogP) is 3.31. The van der Waals surface area contributed by atoms with E-state index in [1.165, 1.54) is 22.2 Å². The number of hydrogen-bond acceptors (Lipinski definition) is 2. The van der Waals surface area contributed by atoms with Crippen LogP contribution in [-0.2, 0) is 17.8 Å². The molecule has 0 aliphatic carbocycles. The predicted molar refractivity (Wildman–Crippen MR) is 103 cm³/mol. The van der Waals surface area contributed by atoms with Crippen molar-refractivity contribution in [2.75, 3.05) is 6.54 Å². The zero-order chi connectivity index (χ0) is 17.8. The molecule has 0 unspecified atom stereocenters. The highest BCUT2D eigenvalue weighted by Gasteiger charge is 2.07. The highest BCUT2D eigenvalue weighted by atomic mass is 16.1. The van der Waals surface area contributed by atoms with Crippen molar-refractivity contribution in [3.05, 3.63) is 77.5 Å². The van der Waals surface area contributed by atoms with Gasteiger partial charge in [0.2, 0.25) is 5.91 Å². The molecule has 0 spiro atoms. The Kier molecular flexibility index (Phi) is 5.00. The molecule has 0 saturated carbocycles. The normalized spacial score (nSPS) is 10.9. The molecule has 4 nitrogen and oxygen atoms in total. The van der Waals surface area contributed by atoms with Crippen LogP contribution < -0.4 is 11.1 Å². The van der Waals surface area contributed by atoms with E-state index < -0.39 is 5.91 Å². The lowest BCUT2D eigenvalue weighted by molar-refractivity contribution is -0.112. The number of nitrogens with two attached hydrogens (primary N) is 1. The summed E-state index contributed by atoms with van der Waals surface area (Å²) in [5, 5.41) is 4.78. The van der Waals surface area contributed by atoms with Crippen LogP contribution in [-0.4, -0.2) is 17.4 Å². The van der Waals surface area contributed by atoms with E-state index in [9.17, 15) is 4.79 Å². The fraction of sp³-hybridized carbons (Fsp3) is 0.190. The molecule has 0 fully saturated rings. The van der Waals surface area contributed by atoms with Crippen molar-refractivity contribution < 1.29 is 4.79 Å². The van der Waals surface area contributed by atoms with Crippen LogP contribution in [0, 0.1) is 6.92 Å². The number of amides is 1. The number of carbonyl (C=O) groups excluding carboxylic acids is 1. The average molecular weight is 333 g/mol. The Hall–Kier alpha value is -2.85. The number of aromatic amines is 1. The van der Waals surface area contributed by atoms with Crippen molar-refractivity contribution in [2.24, 2.45) is 5.73 Å². The van der Waals surface area contributed by atoms with Crippen molar-refractivity contribution in [3.63, 3.8) is 0 Å². The maximum Gasteiger partial charge on any atom is 0.248 e. The second kappa shape index (κ2) is 7.36. The Labute approximate surface area is 147 Å². The molecule has 0 atom stereocenters. The summed E-state index contributed by atoms with van der Waals surface area (Å²) in [6.07, 6.45) is 0.979. The van der Waals surface area contributed by atoms with Gasteiger partial charge in [-0.3, -0.25) is 4.79 Å². The summed E-state index contributed by atoms with van der Waals surface area (Å²) in [4.78, 5) is 14.6. The lowest BCUT2D eigenvalue weighted by Crippen LogP contribution is -2.17. The number of aryl methyl sites for hydroxylation is 1. The average Bonchev–Trinajstić information content (AvgIpc) is 2.94. The lowest BCUT2D eigenvalue weighted by atomic mass is 10.0. The molecule has 1 amide bonds. The van der Waals surface area contributed by atoms with Gasteiger partial charge in [0.15, 0.2) is 0 Å². The largest absolute Gasteiger partial charge is 0.366 e. The highest BCUT2D eigenvalue weighted by Crippen LogP contribution is 2.22. The van der Waals surface area contributed by atoms with E-state index in [2.05, 4.69) is 48.1 Å². The number of carbonyl (C=O) groups is 1. The summed E-state index contributed by atoms with van der Waals surface area (Å²) in [5.74, 6) is -0.486. The van der Waals surface area contributed by atoms with Gasteiger partial charge in [-0.2, -0.15) is 0 Å². The molecule has 1 heterocycles. The number of H-pyrrole nitrogens is 1. The SMILES string of the molecule is C=C(C(N)=O)c1ccc(CNCCc2c(C)[nH]c3ccccc23)cc1. The maximum atomic E-state index is 11.1. The minimum atomic E-state index is -0.486. The summed E-state index contributed by atoms with van der Waals surface area (Å²) < 4.78 is 0. The van der Waals surface area contributed by atoms with Gasteiger partial charge in [0, 0.05) is 28.7 Å². The van der Waals surface area contributed by atoms with Gasteiger partial charge in [-0.05, 0) is 42.6 Å². The number of rotatable bonds is 7. The molecule has 0 aliphatic heterocycles. The van der Waals surface area contributed by atoms with E-state index in [0.29, 0.717) is 5.57 Å². The molecule has 3 rings (SSSR count). The number of primary amides is 1. The monoisotopic (exact) mass is 333 g/mol. The molecule has 4 N–H and O–H groups in total. The molecular weight excluding hydrogens is 310 g/mol. The maximum absolute atomic E-state index is 11.1. The van der Waals surface area contributed by atoms with E-state index in [1.54, 1.807) is 0 Å². The second-order valence-electron chi connectivity index (χ2n) is 6.24. The summed E-state index contributed by atoms with van der Waals surface area (Å²) in [6, 6.07) is 16.2. The van der Waals surface area contributed by atoms with Gasteiger partial charge in [-0.25, -0.2) is 0 Å². The number of hydrogen-bond donors (Lipinski definition) is 3. The number of para-hydroxylation sites is 1. The molecule has 25 heavy (non-hydrogen) atoms. The van der Waals surface area contributed by atoms with Crippen LogP contribution in [0.5, 0.6) is 0 Å². The Morgan fingerprint density at radius 3 is 2.60 bits per heavy atom. The fourth-order valence-corrected chi connectivity index (χ4v) is 3.07. The van der Waals surface area contributed by atoms with E-state index in [1.807, 2.05) is 24.3 Å². The smallest absolute Gasteiger partial charge is 0.248 e. The molecule has 4 heteroatoms. The molecule has 1 aromatic heterocycles. The number of aromatic nitrogens is 1. The van der Waals surface area contributed by atoms with Crippen LogP contribution in [0.15, 0.2) is 55.1 Å². The van der Waals surface area contributed by atoms with E-state index in [-0.39, 0.29) is 0 Å². The minimum absolute atomic E-state index is 0.342. The van der Waals surface area contributed by atoms with Gasteiger partial charge < -0.3 is 16.0 Å². The van der Waals surface area contributed by atoms with Crippen molar-refractivity contribution in [3.8, 4) is 0 Å². The molecule has 0 radical (unpaired) electrons. The zero-order valence-electron chi connectivity index (χ0n) is 14.4. The first-order valence-corrected chi connectivity index (χ1v) is 8.41. The molecule has 3 aromatic rings. The Morgan fingerprint density at radius 2 is 1.88 bits per heavy atom. The van der Waals surface area contributed by atoms with Gasteiger partial charge in [0.25, 0.3) is 0 Å². The lowest BCUT2D eigenvalue weighted by Gasteiger charge is -2.07. The molecule has 2 aromatic carbocycles. The first kappa shape index (κ1) is 17.0. The topological polar surface area (TPSA) is 70.9 Å². The summed E-state index contributed by atoms with van der Waals surface area (Å²) in [6.45, 7) is 7.51.